The van der Waals surface area contributed by atoms with Crippen molar-refractivity contribution in [2.75, 3.05) is 17.7 Å². The number of nitrogen functional groups attached to an aromatic ring is 1. The molecular formula is C16H22N4O. The van der Waals surface area contributed by atoms with E-state index in [1.165, 1.54) is 11.9 Å². The number of nitrogens with zero attached hydrogens (tertiary/aromatic N) is 2. The molecule has 2 rings (SSSR count). The van der Waals surface area contributed by atoms with E-state index in [-0.39, 0.29) is 0 Å². The van der Waals surface area contributed by atoms with Gasteiger partial charge < -0.3 is 15.8 Å². The van der Waals surface area contributed by atoms with Gasteiger partial charge in [0.2, 0.25) is 5.88 Å². The number of hydrogen-bond donors (Lipinski definition) is 2. The third-order valence-corrected chi connectivity index (χ3v) is 3.13. The van der Waals surface area contributed by atoms with E-state index in [1.54, 1.807) is 0 Å². The summed E-state index contributed by atoms with van der Waals surface area (Å²) in [7, 11) is 0. The predicted octanol–water partition coefficient (Wildman–Crippen LogP) is 3.71. The summed E-state index contributed by atoms with van der Waals surface area (Å²) in [5.41, 5.74) is 8.70. The van der Waals surface area contributed by atoms with Gasteiger partial charge in [0.25, 0.3) is 0 Å². The van der Waals surface area contributed by atoms with Gasteiger partial charge >= 0.3 is 0 Å². The highest BCUT2D eigenvalue weighted by Crippen LogP contribution is 2.28. The van der Waals surface area contributed by atoms with Gasteiger partial charge in [-0.2, -0.15) is 4.98 Å². The zero-order valence-corrected chi connectivity index (χ0v) is 12.8. The van der Waals surface area contributed by atoms with Gasteiger partial charge in [-0.05, 0) is 30.0 Å². The lowest BCUT2D eigenvalue weighted by molar-refractivity contribution is 0.307. The molecule has 1 aromatic carbocycles. The molecule has 0 atom stereocenters. The molecule has 0 spiro atoms. The highest BCUT2D eigenvalue weighted by atomic mass is 16.5. The maximum absolute atomic E-state index is 6.04. The number of rotatable bonds is 6. The normalized spacial score (nSPS) is 10.7. The molecule has 0 bridgehead atoms. The van der Waals surface area contributed by atoms with Crippen LogP contribution >= 0.6 is 0 Å². The van der Waals surface area contributed by atoms with E-state index in [4.69, 9.17) is 10.5 Å². The number of nitrogens with two attached hydrogens (primary N) is 1. The molecule has 5 nitrogen and oxygen atoms in total. The topological polar surface area (TPSA) is 73.1 Å². The monoisotopic (exact) mass is 286 g/mol. The molecule has 1 heterocycles. The van der Waals surface area contributed by atoms with Gasteiger partial charge in [0.05, 0.1) is 6.61 Å². The van der Waals surface area contributed by atoms with E-state index in [0.717, 1.165) is 12.1 Å². The molecule has 0 aliphatic rings. The summed E-state index contributed by atoms with van der Waals surface area (Å²) < 4.78 is 5.50. The van der Waals surface area contributed by atoms with Gasteiger partial charge in [-0.1, -0.05) is 32.9 Å². The van der Waals surface area contributed by atoms with Gasteiger partial charge in [0, 0.05) is 5.69 Å². The Morgan fingerprint density at radius 1 is 1.19 bits per heavy atom. The standard InChI is InChI=1S/C16H22N4O/c1-4-9-21-16-14(17)15(18-10-19-16)20-13-7-5-12(6-8-13)11(2)3/h5-8,10-11H,4,9,17H2,1-3H3,(H,18,19,20). The van der Waals surface area contributed by atoms with Crippen LogP contribution in [-0.4, -0.2) is 16.6 Å². The maximum Gasteiger partial charge on any atom is 0.242 e. The average molecular weight is 286 g/mol. The Bertz CT molecular complexity index is 581. The van der Waals surface area contributed by atoms with Crippen molar-refractivity contribution in [3.8, 4) is 5.88 Å². The van der Waals surface area contributed by atoms with Crippen molar-refractivity contribution in [1.82, 2.24) is 9.97 Å². The molecule has 0 saturated carbocycles. The third kappa shape index (κ3) is 3.84. The van der Waals surface area contributed by atoms with Gasteiger partial charge in [-0.15, -0.1) is 0 Å². The number of anilines is 3. The Hall–Kier alpha value is -2.30. The van der Waals surface area contributed by atoms with Crippen molar-refractivity contribution in [1.29, 1.82) is 0 Å². The van der Waals surface area contributed by atoms with E-state index in [2.05, 4.69) is 41.3 Å². The van der Waals surface area contributed by atoms with Crippen LogP contribution in [-0.2, 0) is 0 Å². The van der Waals surface area contributed by atoms with E-state index >= 15 is 0 Å². The van der Waals surface area contributed by atoms with Crippen LogP contribution < -0.4 is 15.8 Å². The fourth-order valence-corrected chi connectivity index (χ4v) is 1.88. The minimum atomic E-state index is 0.424. The van der Waals surface area contributed by atoms with E-state index < -0.39 is 0 Å². The molecule has 0 fully saturated rings. The summed E-state index contributed by atoms with van der Waals surface area (Å²) in [6.45, 7) is 6.96. The van der Waals surface area contributed by atoms with Gasteiger partial charge in [0.15, 0.2) is 5.82 Å². The van der Waals surface area contributed by atoms with E-state index in [0.29, 0.717) is 29.9 Å². The van der Waals surface area contributed by atoms with Crippen LogP contribution in [0.15, 0.2) is 30.6 Å². The van der Waals surface area contributed by atoms with Crippen molar-refractivity contribution in [3.05, 3.63) is 36.2 Å². The largest absolute Gasteiger partial charge is 0.476 e. The number of benzene rings is 1. The molecule has 112 valence electrons. The van der Waals surface area contributed by atoms with Crippen molar-refractivity contribution in [3.63, 3.8) is 0 Å². The summed E-state index contributed by atoms with van der Waals surface area (Å²) in [5, 5.41) is 3.20. The molecule has 0 aliphatic carbocycles. The van der Waals surface area contributed by atoms with Gasteiger partial charge in [-0.25, -0.2) is 4.98 Å². The number of hydrogen-bond acceptors (Lipinski definition) is 5. The van der Waals surface area contributed by atoms with Crippen molar-refractivity contribution in [2.24, 2.45) is 0 Å². The Labute approximate surface area is 125 Å². The second-order valence-electron chi connectivity index (χ2n) is 5.19. The molecule has 2 aromatic rings. The molecule has 0 saturated heterocycles. The minimum absolute atomic E-state index is 0.424. The number of ether oxygens (including phenoxy) is 1. The molecule has 1 aromatic heterocycles. The quantitative estimate of drug-likeness (QED) is 0.846. The second kappa shape index (κ2) is 6.92. The Kier molecular flexibility index (Phi) is 4.98. The summed E-state index contributed by atoms with van der Waals surface area (Å²) in [4.78, 5) is 8.23. The molecular weight excluding hydrogens is 264 g/mol. The molecule has 0 radical (unpaired) electrons. The Morgan fingerprint density at radius 2 is 1.90 bits per heavy atom. The first-order valence-corrected chi connectivity index (χ1v) is 7.22. The molecule has 5 heteroatoms. The molecule has 0 amide bonds. The molecule has 0 aliphatic heterocycles. The van der Waals surface area contributed by atoms with Crippen LogP contribution in [0.4, 0.5) is 17.2 Å². The fourth-order valence-electron chi connectivity index (χ4n) is 1.88. The van der Waals surface area contributed by atoms with Crippen LogP contribution in [0.1, 0.15) is 38.7 Å². The van der Waals surface area contributed by atoms with Gasteiger partial charge in [0.1, 0.15) is 12.0 Å². The Balaban J connectivity index is 2.15. The highest BCUT2D eigenvalue weighted by molar-refractivity contribution is 5.72. The van der Waals surface area contributed by atoms with Crippen LogP contribution in [0.25, 0.3) is 0 Å². The number of nitrogens with one attached hydrogen (secondary N) is 1. The van der Waals surface area contributed by atoms with Crippen molar-refractivity contribution in [2.45, 2.75) is 33.1 Å². The van der Waals surface area contributed by atoms with Crippen molar-refractivity contribution < 1.29 is 4.74 Å². The lowest BCUT2D eigenvalue weighted by Crippen LogP contribution is -2.05. The number of aromatic nitrogens is 2. The molecule has 3 N–H and O–H groups in total. The van der Waals surface area contributed by atoms with Crippen LogP contribution in [0.5, 0.6) is 5.88 Å². The third-order valence-electron chi connectivity index (χ3n) is 3.13. The van der Waals surface area contributed by atoms with Crippen LogP contribution in [0.2, 0.25) is 0 Å². The molecule has 0 unspecified atom stereocenters. The Morgan fingerprint density at radius 3 is 2.52 bits per heavy atom. The summed E-state index contributed by atoms with van der Waals surface area (Å²) in [5.74, 6) is 1.50. The fraction of sp³-hybridized carbons (Fsp3) is 0.375. The minimum Gasteiger partial charge on any atom is -0.476 e. The van der Waals surface area contributed by atoms with Crippen LogP contribution in [0, 0.1) is 0 Å². The first-order valence-electron chi connectivity index (χ1n) is 7.22. The summed E-state index contributed by atoms with van der Waals surface area (Å²) in [6, 6.07) is 8.23. The molecule has 21 heavy (non-hydrogen) atoms. The smallest absolute Gasteiger partial charge is 0.242 e. The van der Waals surface area contributed by atoms with E-state index in [9.17, 15) is 0 Å². The second-order valence-corrected chi connectivity index (χ2v) is 5.19. The van der Waals surface area contributed by atoms with E-state index in [1.807, 2.05) is 19.1 Å². The first kappa shape index (κ1) is 15.1. The van der Waals surface area contributed by atoms with Gasteiger partial charge in [-0.3, -0.25) is 0 Å². The highest BCUT2D eigenvalue weighted by Gasteiger charge is 2.09. The predicted molar refractivity (Wildman–Crippen MR) is 86.0 cm³/mol. The SMILES string of the molecule is CCCOc1ncnc(Nc2ccc(C(C)C)cc2)c1N. The lowest BCUT2D eigenvalue weighted by atomic mass is 10.0. The maximum atomic E-state index is 6.04. The summed E-state index contributed by atoms with van der Waals surface area (Å²) >= 11 is 0. The zero-order chi connectivity index (χ0) is 15.2. The summed E-state index contributed by atoms with van der Waals surface area (Å²) in [6.07, 6.45) is 2.36. The average Bonchev–Trinajstić information content (AvgIpc) is 2.49. The lowest BCUT2D eigenvalue weighted by Gasteiger charge is -2.12. The first-order chi connectivity index (χ1) is 10.1. The zero-order valence-electron chi connectivity index (χ0n) is 12.8. The van der Waals surface area contributed by atoms with Crippen molar-refractivity contribution >= 4 is 17.2 Å². The van der Waals surface area contributed by atoms with Crippen LogP contribution in [0.3, 0.4) is 0 Å².